The first kappa shape index (κ1) is 51.1. The Morgan fingerprint density at radius 1 is 0.597 bits per heavy atom. The van der Waals surface area contributed by atoms with Crippen molar-refractivity contribution in [1.82, 2.24) is 19.6 Å². The van der Waals surface area contributed by atoms with Gasteiger partial charge in [-0.05, 0) is 138 Å². The number of ether oxygens (including phenoxy) is 7. The van der Waals surface area contributed by atoms with Crippen LogP contribution in [0.4, 0.5) is 0 Å². The smallest absolute Gasteiger partial charge is 0.231 e. The third-order valence-electron chi connectivity index (χ3n) is 18.9. The molecule has 0 aromatic heterocycles. The number of fused-ring (bicyclic) bond motifs is 18. The van der Waals surface area contributed by atoms with Gasteiger partial charge in [-0.1, -0.05) is 49.4 Å². The Bertz CT molecular complexity index is 3310. The summed E-state index contributed by atoms with van der Waals surface area (Å²) in [5.74, 6) is 5.65. The van der Waals surface area contributed by atoms with Crippen LogP contribution in [0.3, 0.4) is 0 Å². The summed E-state index contributed by atoms with van der Waals surface area (Å²) in [6.07, 6.45) is 3.73. The van der Waals surface area contributed by atoms with E-state index in [-0.39, 0.29) is 74.3 Å². The molecule has 8 heterocycles. The van der Waals surface area contributed by atoms with Crippen molar-refractivity contribution in [2.45, 2.75) is 148 Å². The van der Waals surface area contributed by atoms with Crippen LogP contribution in [0.1, 0.15) is 121 Å². The molecule has 0 aliphatic carbocycles. The topological polar surface area (TPSA) is 166 Å². The summed E-state index contributed by atoms with van der Waals surface area (Å²) in [7, 11) is 7.78. The molecule has 2 unspecified atom stereocenters. The van der Waals surface area contributed by atoms with E-state index in [1.54, 1.807) is 14.2 Å². The van der Waals surface area contributed by atoms with Gasteiger partial charge in [0.05, 0.1) is 51.1 Å². The van der Waals surface area contributed by atoms with Crippen LogP contribution >= 0.6 is 0 Å². The zero-order chi connectivity index (χ0) is 54.0. The number of aryl methyl sites for hydroxylation is 2. The van der Waals surface area contributed by atoms with Crippen molar-refractivity contribution >= 4 is 0 Å². The van der Waals surface area contributed by atoms with Crippen LogP contribution in [-0.2, 0) is 32.3 Å². The minimum absolute atomic E-state index is 0.00595. The fourth-order valence-corrected chi connectivity index (χ4v) is 15.9. The lowest BCUT2D eigenvalue weighted by atomic mass is 9.70. The first-order chi connectivity index (χ1) is 37.2. The molecule has 0 spiro atoms. The van der Waals surface area contributed by atoms with Gasteiger partial charge in [0.1, 0.15) is 41.7 Å². The van der Waals surface area contributed by atoms with Crippen molar-refractivity contribution in [3.8, 4) is 58.1 Å². The van der Waals surface area contributed by atoms with Gasteiger partial charge in [-0.3, -0.25) is 19.6 Å². The molecule has 5 aromatic carbocycles. The van der Waals surface area contributed by atoms with Gasteiger partial charge in [0.2, 0.25) is 13.6 Å². The number of phenols is 1. The van der Waals surface area contributed by atoms with Crippen molar-refractivity contribution in [2.75, 3.05) is 48.5 Å². The molecule has 13 rings (SSSR count). The highest BCUT2D eigenvalue weighted by Crippen LogP contribution is 2.60. The van der Waals surface area contributed by atoms with E-state index in [4.69, 9.17) is 33.2 Å². The molecular weight excluding hydrogens is 973 g/mol. The van der Waals surface area contributed by atoms with E-state index in [0.29, 0.717) is 30.1 Å². The molecule has 2 saturated heterocycles. The van der Waals surface area contributed by atoms with Gasteiger partial charge in [-0.25, -0.2) is 0 Å². The molecule has 8 aliphatic rings. The molecular formula is C62H70N6O9. The third-order valence-corrected chi connectivity index (χ3v) is 18.9. The van der Waals surface area contributed by atoms with Crippen LogP contribution in [0.15, 0.2) is 42.5 Å². The second-order valence-electron chi connectivity index (χ2n) is 22.4. The number of aromatic hydroxyl groups is 1. The Kier molecular flexibility index (Phi) is 12.8. The number of phenolic OH excluding ortho intramolecular Hbond substituents is 1. The van der Waals surface area contributed by atoms with Crippen LogP contribution in [0.5, 0.6) is 46.0 Å². The summed E-state index contributed by atoms with van der Waals surface area (Å²) in [6, 6.07) is 19.1. The normalized spacial score (nSPS) is 27.0. The van der Waals surface area contributed by atoms with E-state index in [9.17, 15) is 20.7 Å². The van der Waals surface area contributed by atoms with Crippen LogP contribution in [-0.4, -0.2) is 115 Å². The average molecular weight is 1040 g/mol. The Labute approximate surface area is 452 Å². The molecule has 10 atom stereocenters. The fourth-order valence-electron chi connectivity index (χ4n) is 15.9. The quantitative estimate of drug-likeness (QED) is 0.159. The molecule has 4 bridgehead atoms. The monoisotopic (exact) mass is 1040 g/mol. The fraction of sp³-hybridized carbons (Fsp3) is 0.484. The number of aliphatic hydroxyl groups excluding tert-OH is 1. The van der Waals surface area contributed by atoms with Crippen LogP contribution < -0.4 is 33.2 Å². The SMILES string of the molecule is CC[C@H]1c2c(c(OCc3ccccc3)c(C)c3c2OCO3)C[C@H]2C3c4c(cc(C)c(OC)c4C)C[C@@H]([C@H](C#N)N12)N3C.COc1c(C)cc2c(c1C)C1[C@@H]3Cc4c(O)c(C)c5c(c4[C@H](CO)N3[C@@H](C#N)[C@H](C2)N1C)OCO5. The number of hydrogen-bond acceptors (Lipinski definition) is 15. The summed E-state index contributed by atoms with van der Waals surface area (Å²) in [6.45, 7) is 15.2. The number of piperazine rings is 2. The lowest BCUT2D eigenvalue weighted by Crippen LogP contribution is -2.68. The summed E-state index contributed by atoms with van der Waals surface area (Å²) in [5.41, 5.74) is 16.4. The second-order valence-corrected chi connectivity index (χ2v) is 22.4. The number of rotatable bonds is 7. The lowest BCUT2D eigenvalue weighted by molar-refractivity contribution is -0.0821. The Morgan fingerprint density at radius 2 is 1.08 bits per heavy atom. The highest BCUT2D eigenvalue weighted by molar-refractivity contribution is 5.68. The Morgan fingerprint density at radius 3 is 1.57 bits per heavy atom. The minimum atomic E-state index is -0.483. The number of nitrogens with zero attached hydrogens (tertiary/aromatic N) is 6. The molecule has 77 heavy (non-hydrogen) atoms. The third kappa shape index (κ3) is 7.37. The predicted octanol–water partition coefficient (Wildman–Crippen LogP) is 8.93. The highest BCUT2D eigenvalue weighted by Gasteiger charge is 2.58. The predicted molar refractivity (Wildman–Crippen MR) is 288 cm³/mol. The average Bonchev–Trinajstić information content (AvgIpc) is 4.25. The lowest BCUT2D eigenvalue weighted by Gasteiger charge is -2.60. The maximum Gasteiger partial charge on any atom is 0.231 e. The van der Waals surface area contributed by atoms with E-state index >= 15 is 0 Å². The van der Waals surface area contributed by atoms with Crippen molar-refractivity contribution in [1.29, 1.82) is 10.5 Å². The van der Waals surface area contributed by atoms with E-state index in [2.05, 4.69) is 112 Å². The van der Waals surface area contributed by atoms with E-state index in [0.717, 1.165) is 98.9 Å². The second kappa shape index (κ2) is 19.3. The highest BCUT2D eigenvalue weighted by atomic mass is 16.7. The number of methoxy groups -OCH3 is 2. The van der Waals surface area contributed by atoms with Crippen LogP contribution in [0.2, 0.25) is 0 Å². The van der Waals surface area contributed by atoms with Crippen molar-refractivity contribution < 1.29 is 43.4 Å². The van der Waals surface area contributed by atoms with Gasteiger partial charge in [0.15, 0.2) is 23.0 Å². The number of benzene rings is 5. The minimum Gasteiger partial charge on any atom is -0.507 e. The van der Waals surface area contributed by atoms with Gasteiger partial charge in [0.25, 0.3) is 0 Å². The zero-order valence-electron chi connectivity index (χ0n) is 46.1. The molecule has 0 radical (unpaired) electrons. The molecule has 8 aliphatic heterocycles. The molecule has 2 N–H and O–H groups in total. The molecule has 402 valence electrons. The number of aliphatic hydroxyl groups is 1. The van der Waals surface area contributed by atoms with E-state index in [1.807, 2.05) is 25.1 Å². The van der Waals surface area contributed by atoms with Gasteiger partial charge >= 0.3 is 0 Å². The van der Waals surface area contributed by atoms with Gasteiger partial charge in [-0.2, -0.15) is 10.5 Å². The van der Waals surface area contributed by atoms with Crippen molar-refractivity contribution in [3.63, 3.8) is 0 Å². The Hall–Kier alpha value is -6.72. The molecule has 0 amide bonds. The molecule has 15 heteroatoms. The first-order valence-corrected chi connectivity index (χ1v) is 27.2. The largest absolute Gasteiger partial charge is 0.507 e. The summed E-state index contributed by atoms with van der Waals surface area (Å²) in [4.78, 5) is 9.50. The summed E-state index contributed by atoms with van der Waals surface area (Å²) in [5, 5.41) is 43.1. The van der Waals surface area contributed by atoms with Crippen molar-refractivity contribution in [2.24, 2.45) is 0 Å². The van der Waals surface area contributed by atoms with Gasteiger partial charge in [0, 0.05) is 63.6 Å². The number of hydrogen-bond donors (Lipinski definition) is 2. The summed E-state index contributed by atoms with van der Waals surface area (Å²) < 4.78 is 42.2. The van der Waals surface area contributed by atoms with E-state index < -0.39 is 12.1 Å². The summed E-state index contributed by atoms with van der Waals surface area (Å²) >= 11 is 0. The molecule has 2 fully saturated rings. The molecule has 5 aromatic rings. The Balaban J connectivity index is 0.000000157. The zero-order valence-corrected chi connectivity index (χ0v) is 46.1. The van der Waals surface area contributed by atoms with Gasteiger partial charge < -0.3 is 43.4 Å². The first-order valence-electron chi connectivity index (χ1n) is 27.2. The number of likely N-dealkylation sites (N-methyl/N-ethyl adjacent to an activating group) is 2. The maximum atomic E-state index is 11.3. The van der Waals surface area contributed by atoms with Crippen LogP contribution in [0, 0.1) is 64.2 Å². The molecule has 15 nitrogen and oxygen atoms in total. The van der Waals surface area contributed by atoms with Gasteiger partial charge in [-0.15, -0.1) is 0 Å². The van der Waals surface area contributed by atoms with E-state index in [1.165, 1.54) is 33.4 Å². The van der Waals surface area contributed by atoms with Crippen LogP contribution in [0.25, 0.3) is 0 Å². The van der Waals surface area contributed by atoms with Crippen molar-refractivity contribution in [3.05, 3.63) is 126 Å². The molecule has 0 saturated carbocycles. The maximum absolute atomic E-state index is 11.3. The number of nitriles is 2. The standard InChI is InChI=1S/C35H39N3O4.C27H31N3O5/c1-7-25-30-24(33(21(4)34-35(30)42-18-41-34)40-17-22-11-9-8-10-12-22)15-27-31-29-20(3)32(39-6)19(2)13-23(29)14-26(37(31)5)28(16-36)38(25)27;1-12-6-15-7-17-19(9-28)30-18(23(29(17)4)21(15)13(2)25(12)33-5)8-16-22(20(30)10-31)27-26(34-11-35-27)14(3)24(16)32/h8-13,25-28,31H,7,14-15,17-18H2,1-6H3;6,17-20,23,31-32H,7-8,10-11H2,1-5H3/t25-,26-,27-,28-,31?;17-,18-,19-,20-,23?/m00/s1.